The van der Waals surface area contributed by atoms with Gasteiger partial charge in [-0.1, -0.05) is 11.6 Å². The van der Waals surface area contributed by atoms with Gasteiger partial charge in [-0.25, -0.2) is 9.18 Å². The summed E-state index contributed by atoms with van der Waals surface area (Å²) < 4.78 is 13.3. The maximum atomic E-state index is 13.3. The largest absolute Gasteiger partial charge is 0.338 e. The Balaban J connectivity index is 1.82. The van der Waals surface area contributed by atoms with Crippen LogP contribution in [-0.4, -0.2) is 33.9 Å². The maximum absolute atomic E-state index is 13.3. The van der Waals surface area contributed by atoms with Crippen molar-refractivity contribution in [1.29, 1.82) is 0 Å². The first-order valence-corrected chi connectivity index (χ1v) is 7.39. The number of nitrogens with zero attached hydrogens (tertiary/aromatic N) is 1. The topological polar surface area (TPSA) is 86.0 Å². The molecule has 3 rings (SSSR count). The van der Waals surface area contributed by atoms with E-state index >= 15 is 0 Å². The minimum Gasteiger partial charge on any atom is -0.338 e. The highest BCUT2D eigenvalue weighted by molar-refractivity contribution is 6.33. The lowest BCUT2D eigenvalue weighted by molar-refractivity contribution is 0.0790. The standard InChI is InChI=1S/C15H13ClFN3O3/c16-11-2-1-9(17)5-10(11)14(22)20-4-3-8(7-20)12-6-13(21)19-15(23)18-12/h1-2,5-6,8H,3-4,7H2,(H2,18,19,21,23). The smallest absolute Gasteiger partial charge is 0.325 e. The van der Waals surface area contributed by atoms with Crippen LogP contribution >= 0.6 is 11.6 Å². The van der Waals surface area contributed by atoms with Crippen LogP contribution in [0.5, 0.6) is 0 Å². The van der Waals surface area contributed by atoms with Gasteiger partial charge < -0.3 is 9.88 Å². The average molecular weight is 338 g/mol. The summed E-state index contributed by atoms with van der Waals surface area (Å²) in [6.45, 7) is 0.760. The second kappa shape index (κ2) is 6.00. The second-order valence-electron chi connectivity index (χ2n) is 5.40. The molecule has 120 valence electrons. The number of likely N-dealkylation sites (tertiary alicyclic amines) is 1. The lowest BCUT2D eigenvalue weighted by Gasteiger charge is -2.17. The van der Waals surface area contributed by atoms with Crippen molar-refractivity contribution in [2.24, 2.45) is 0 Å². The monoisotopic (exact) mass is 337 g/mol. The van der Waals surface area contributed by atoms with Crippen molar-refractivity contribution in [1.82, 2.24) is 14.9 Å². The highest BCUT2D eigenvalue weighted by Crippen LogP contribution is 2.27. The molecule has 1 aromatic carbocycles. The van der Waals surface area contributed by atoms with Gasteiger partial charge in [0.25, 0.3) is 11.5 Å². The molecule has 0 bridgehead atoms. The van der Waals surface area contributed by atoms with E-state index in [-0.39, 0.29) is 22.4 Å². The summed E-state index contributed by atoms with van der Waals surface area (Å²) >= 11 is 5.96. The fourth-order valence-corrected chi connectivity index (χ4v) is 2.94. The van der Waals surface area contributed by atoms with E-state index in [2.05, 4.69) is 9.97 Å². The van der Waals surface area contributed by atoms with E-state index in [0.717, 1.165) is 6.07 Å². The molecule has 1 saturated heterocycles. The lowest BCUT2D eigenvalue weighted by atomic mass is 10.1. The van der Waals surface area contributed by atoms with Crippen molar-refractivity contribution in [3.8, 4) is 0 Å². The Morgan fingerprint density at radius 3 is 2.78 bits per heavy atom. The number of carbonyl (C=O) groups excluding carboxylic acids is 1. The van der Waals surface area contributed by atoms with Crippen molar-refractivity contribution in [3.05, 3.63) is 67.2 Å². The molecule has 1 unspecified atom stereocenters. The van der Waals surface area contributed by atoms with Crippen LogP contribution in [0, 0.1) is 5.82 Å². The second-order valence-corrected chi connectivity index (χ2v) is 5.81. The number of H-pyrrole nitrogens is 2. The number of hydrogen-bond acceptors (Lipinski definition) is 3. The van der Waals surface area contributed by atoms with Crippen LogP contribution in [-0.2, 0) is 0 Å². The molecule has 1 amide bonds. The van der Waals surface area contributed by atoms with E-state index < -0.39 is 17.1 Å². The summed E-state index contributed by atoms with van der Waals surface area (Å²) in [5.74, 6) is -1.06. The Kier molecular flexibility index (Phi) is 4.04. The molecule has 1 aliphatic rings. The molecule has 0 spiro atoms. The Morgan fingerprint density at radius 2 is 2.04 bits per heavy atom. The number of amides is 1. The molecule has 1 atom stereocenters. The van der Waals surface area contributed by atoms with Gasteiger partial charge in [-0.15, -0.1) is 0 Å². The number of hydrogen-bond donors (Lipinski definition) is 2. The van der Waals surface area contributed by atoms with Crippen LogP contribution in [0.4, 0.5) is 4.39 Å². The van der Waals surface area contributed by atoms with E-state index in [1.807, 2.05) is 0 Å². The summed E-state index contributed by atoms with van der Waals surface area (Å²) in [7, 11) is 0. The van der Waals surface area contributed by atoms with Gasteiger partial charge in [0.15, 0.2) is 0 Å². The zero-order valence-electron chi connectivity index (χ0n) is 11.9. The molecule has 1 aromatic heterocycles. The fourth-order valence-electron chi connectivity index (χ4n) is 2.74. The quantitative estimate of drug-likeness (QED) is 0.870. The molecule has 0 radical (unpaired) electrons. The third-order valence-corrected chi connectivity index (χ3v) is 4.18. The summed E-state index contributed by atoms with van der Waals surface area (Å²) in [6, 6.07) is 4.95. The van der Waals surface area contributed by atoms with Crippen molar-refractivity contribution < 1.29 is 9.18 Å². The first kappa shape index (κ1) is 15.5. The zero-order valence-corrected chi connectivity index (χ0v) is 12.7. The molecule has 23 heavy (non-hydrogen) atoms. The molecule has 2 N–H and O–H groups in total. The molecule has 0 aliphatic carbocycles. The van der Waals surface area contributed by atoms with Gasteiger partial charge in [0.1, 0.15) is 5.82 Å². The SMILES string of the molecule is O=C(c1cc(F)ccc1Cl)N1CCC(c2cc(=O)[nH]c(=O)[nH]2)C1. The van der Waals surface area contributed by atoms with Gasteiger partial charge in [0.2, 0.25) is 0 Å². The van der Waals surface area contributed by atoms with Crippen molar-refractivity contribution in [3.63, 3.8) is 0 Å². The van der Waals surface area contributed by atoms with Crippen LogP contribution in [0.1, 0.15) is 28.4 Å². The number of rotatable bonds is 2. The first-order chi connectivity index (χ1) is 10.9. The van der Waals surface area contributed by atoms with Gasteiger partial charge in [0.05, 0.1) is 10.6 Å². The number of halogens is 2. The van der Waals surface area contributed by atoms with Gasteiger partial charge in [-0.2, -0.15) is 0 Å². The van der Waals surface area contributed by atoms with Crippen LogP contribution in [0.15, 0.2) is 33.9 Å². The minimum absolute atomic E-state index is 0.103. The van der Waals surface area contributed by atoms with Crippen LogP contribution in [0.3, 0.4) is 0 Å². The van der Waals surface area contributed by atoms with E-state index in [1.54, 1.807) is 0 Å². The number of aromatic amines is 2. The molecule has 1 aliphatic heterocycles. The molecule has 1 fully saturated rings. The van der Waals surface area contributed by atoms with Crippen molar-refractivity contribution in [2.45, 2.75) is 12.3 Å². The van der Waals surface area contributed by atoms with Crippen LogP contribution < -0.4 is 11.2 Å². The number of benzene rings is 1. The maximum Gasteiger partial charge on any atom is 0.325 e. The Hall–Kier alpha value is -2.41. The minimum atomic E-state index is -0.578. The Bertz CT molecular complexity index is 849. The molecule has 8 heteroatoms. The normalized spacial score (nSPS) is 17.5. The van der Waals surface area contributed by atoms with Gasteiger partial charge in [-0.3, -0.25) is 14.6 Å². The predicted octanol–water partition coefficient (Wildman–Crippen LogP) is 1.49. The van der Waals surface area contributed by atoms with E-state index in [4.69, 9.17) is 11.6 Å². The van der Waals surface area contributed by atoms with Crippen molar-refractivity contribution >= 4 is 17.5 Å². The summed E-state index contributed by atoms with van der Waals surface area (Å²) in [5.41, 5.74) is -0.474. The highest BCUT2D eigenvalue weighted by Gasteiger charge is 2.29. The summed E-state index contributed by atoms with van der Waals surface area (Å²) in [6.07, 6.45) is 0.595. The molecule has 6 nitrogen and oxygen atoms in total. The number of aromatic nitrogens is 2. The zero-order chi connectivity index (χ0) is 16.6. The van der Waals surface area contributed by atoms with E-state index in [0.29, 0.717) is 25.2 Å². The van der Waals surface area contributed by atoms with Crippen LogP contribution in [0.2, 0.25) is 5.02 Å². The molecule has 2 heterocycles. The number of nitrogens with one attached hydrogen (secondary N) is 2. The Morgan fingerprint density at radius 1 is 1.26 bits per heavy atom. The molecular weight excluding hydrogens is 325 g/mol. The number of carbonyl (C=O) groups is 1. The van der Waals surface area contributed by atoms with Gasteiger partial charge in [0, 0.05) is 30.8 Å². The Labute approximate surface area is 134 Å². The molecule has 2 aromatic rings. The van der Waals surface area contributed by atoms with Gasteiger partial charge >= 0.3 is 5.69 Å². The molecular formula is C15H13ClFN3O3. The van der Waals surface area contributed by atoms with E-state index in [1.165, 1.54) is 23.1 Å². The van der Waals surface area contributed by atoms with Gasteiger partial charge in [-0.05, 0) is 24.6 Å². The van der Waals surface area contributed by atoms with E-state index in [9.17, 15) is 18.8 Å². The third kappa shape index (κ3) is 3.19. The first-order valence-electron chi connectivity index (χ1n) is 7.02. The summed E-state index contributed by atoms with van der Waals surface area (Å²) in [5, 5.41) is 0.185. The lowest BCUT2D eigenvalue weighted by Crippen LogP contribution is -2.29. The molecule has 0 saturated carbocycles. The predicted molar refractivity (Wildman–Crippen MR) is 82.4 cm³/mol. The fraction of sp³-hybridized carbons (Fsp3) is 0.267. The summed E-state index contributed by atoms with van der Waals surface area (Å²) in [4.78, 5) is 41.4. The van der Waals surface area contributed by atoms with Crippen molar-refractivity contribution in [2.75, 3.05) is 13.1 Å². The highest BCUT2D eigenvalue weighted by atomic mass is 35.5. The van der Waals surface area contributed by atoms with Crippen LogP contribution in [0.25, 0.3) is 0 Å². The third-order valence-electron chi connectivity index (χ3n) is 3.86. The average Bonchev–Trinajstić information content (AvgIpc) is 2.98.